The third-order valence-electron chi connectivity index (χ3n) is 5.41. The molecule has 4 rings (SSSR count). The van der Waals surface area contributed by atoms with E-state index in [4.69, 9.17) is 4.74 Å². The topological polar surface area (TPSA) is 75.3 Å². The van der Waals surface area contributed by atoms with Crippen molar-refractivity contribution in [2.24, 2.45) is 0 Å². The molecule has 3 aromatic rings. The number of carbonyl (C=O) groups excluding carboxylic acids is 1. The number of aromatic nitrogens is 1. The van der Waals surface area contributed by atoms with Crippen LogP contribution in [0.3, 0.4) is 0 Å². The van der Waals surface area contributed by atoms with Crippen LogP contribution in [0.4, 0.5) is 21.5 Å². The monoisotopic (exact) mass is 394 g/mol. The van der Waals surface area contributed by atoms with Crippen molar-refractivity contribution >= 4 is 33.7 Å². The number of nitrogens with zero attached hydrogens (tertiary/aromatic N) is 1. The molecule has 0 radical (unpaired) electrons. The average molecular weight is 394 g/mol. The van der Waals surface area contributed by atoms with E-state index in [-0.39, 0.29) is 11.7 Å². The van der Waals surface area contributed by atoms with E-state index in [0.717, 1.165) is 35.2 Å². The lowest BCUT2D eigenvalue weighted by molar-refractivity contribution is -0.140. The fraction of sp³-hybridized carbons (Fsp3) is 0.273. The summed E-state index contributed by atoms with van der Waals surface area (Å²) in [7, 11) is 1.58. The van der Waals surface area contributed by atoms with E-state index in [1.54, 1.807) is 31.6 Å². The van der Waals surface area contributed by atoms with Crippen LogP contribution < -0.4 is 16.0 Å². The number of hydrogen-bond donors (Lipinski definition) is 3. The predicted octanol–water partition coefficient (Wildman–Crippen LogP) is 3.82. The van der Waals surface area contributed by atoms with Gasteiger partial charge < -0.3 is 20.7 Å². The highest BCUT2D eigenvalue weighted by molar-refractivity contribution is 6.08. The maximum absolute atomic E-state index is 13.2. The highest BCUT2D eigenvalue weighted by Gasteiger charge is 2.39. The molecule has 0 unspecified atom stereocenters. The maximum atomic E-state index is 13.2. The van der Waals surface area contributed by atoms with Gasteiger partial charge in [-0.1, -0.05) is 0 Å². The second-order valence-corrected chi connectivity index (χ2v) is 7.12. The van der Waals surface area contributed by atoms with Gasteiger partial charge in [-0.05, 0) is 68.4 Å². The van der Waals surface area contributed by atoms with E-state index >= 15 is 0 Å². The first-order chi connectivity index (χ1) is 14.1. The molecule has 29 heavy (non-hydrogen) atoms. The average Bonchev–Trinajstić information content (AvgIpc) is 2.77. The minimum atomic E-state index is -0.829. The molecule has 0 spiro atoms. The lowest BCUT2D eigenvalue weighted by Crippen LogP contribution is -2.51. The molecule has 6 nitrogen and oxygen atoms in total. The number of piperidine rings is 1. The Hall–Kier alpha value is -3.03. The second kappa shape index (κ2) is 8.14. The Balaban J connectivity index is 1.64. The number of halogens is 1. The number of rotatable bonds is 5. The summed E-state index contributed by atoms with van der Waals surface area (Å²) in [4.78, 5) is 17.3. The molecule has 2 aromatic carbocycles. The van der Waals surface area contributed by atoms with E-state index < -0.39 is 5.60 Å². The van der Waals surface area contributed by atoms with Crippen molar-refractivity contribution < 1.29 is 13.9 Å². The van der Waals surface area contributed by atoms with Crippen LogP contribution in [0.2, 0.25) is 0 Å². The van der Waals surface area contributed by atoms with E-state index in [1.807, 2.05) is 18.2 Å². The highest BCUT2D eigenvalue weighted by Crippen LogP contribution is 2.33. The number of nitrogens with one attached hydrogen (secondary N) is 3. The molecule has 1 saturated heterocycles. The minimum Gasteiger partial charge on any atom is -0.368 e. The molecule has 1 aromatic heterocycles. The first kappa shape index (κ1) is 19.3. The van der Waals surface area contributed by atoms with Gasteiger partial charge in [-0.15, -0.1) is 0 Å². The Bertz CT molecular complexity index is 1020. The number of ether oxygens (including phenoxy) is 1. The Labute approximate surface area is 168 Å². The minimum absolute atomic E-state index is 0.147. The van der Waals surface area contributed by atoms with Gasteiger partial charge in [0.25, 0.3) is 5.91 Å². The summed E-state index contributed by atoms with van der Waals surface area (Å²) in [5.41, 5.74) is 1.47. The fourth-order valence-corrected chi connectivity index (χ4v) is 3.69. The van der Waals surface area contributed by atoms with E-state index in [2.05, 4.69) is 20.9 Å². The zero-order valence-electron chi connectivity index (χ0n) is 16.2. The highest BCUT2D eigenvalue weighted by atomic mass is 19.1. The number of methoxy groups -OCH3 is 1. The summed E-state index contributed by atoms with van der Waals surface area (Å²) >= 11 is 0. The Morgan fingerprint density at radius 1 is 1.07 bits per heavy atom. The van der Waals surface area contributed by atoms with Crippen molar-refractivity contribution in [1.29, 1.82) is 0 Å². The van der Waals surface area contributed by atoms with Crippen LogP contribution in [0.5, 0.6) is 0 Å². The Kier molecular flexibility index (Phi) is 5.42. The molecule has 0 aliphatic carbocycles. The molecule has 1 aliphatic heterocycles. The van der Waals surface area contributed by atoms with Crippen molar-refractivity contribution in [3.8, 4) is 0 Å². The summed E-state index contributed by atoms with van der Waals surface area (Å²) in [6.45, 7) is 1.48. The Morgan fingerprint density at radius 2 is 1.79 bits per heavy atom. The summed E-state index contributed by atoms with van der Waals surface area (Å²) in [6, 6.07) is 11.8. The number of pyridine rings is 1. The van der Waals surface area contributed by atoms with Gasteiger partial charge in [0.05, 0.1) is 5.69 Å². The number of amides is 1. The van der Waals surface area contributed by atoms with E-state index in [9.17, 15) is 9.18 Å². The molecule has 1 aliphatic rings. The molecule has 0 saturated carbocycles. The van der Waals surface area contributed by atoms with Crippen LogP contribution in [0.25, 0.3) is 10.8 Å². The zero-order valence-corrected chi connectivity index (χ0v) is 16.2. The number of anilines is 3. The molecule has 1 fully saturated rings. The number of fused-ring (bicyclic) bond motifs is 1. The van der Waals surface area contributed by atoms with Gasteiger partial charge >= 0.3 is 0 Å². The number of hydrogen-bond acceptors (Lipinski definition) is 5. The van der Waals surface area contributed by atoms with Gasteiger partial charge in [0.1, 0.15) is 11.4 Å². The van der Waals surface area contributed by atoms with Crippen LogP contribution in [0.1, 0.15) is 12.8 Å². The second-order valence-electron chi connectivity index (χ2n) is 7.12. The number of carbonyl (C=O) groups is 1. The summed E-state index contributed by atoms with van der Waals surface area (Å²) in [5, 5.41) is 11.3. The van der Waals surface area contributed by atoms with Gasteiger partial charge in [0.2, 0.25) is 0 Å². The van der Waals surface area contributed by atoms with Crippen molar-refractivity contribution in [2.45, 2.75) is 18.4 Å². The van der Waals surface area contributed by atoms with Crippen LogP contribution >= 0.6 is 0 Å². The van der Waals surface area contributed by atoms with Gasteiger partial charge in [-0.25, -0.2) is 4.39 Å². The van der Waals surface area contributed by atoms with Crippen molar-refractivity contribution in [1.82, 2.24) is 10.3 Å². The Morgan fingerprint density at radius 3 is 2.52 bits per heavy atom. The SMILES string of the molecule is COC1(C(=O)Nc2ccc(Nc3ccc(F)cc3)c3ccncc23)CCNCC1. The van der Waals surface area contributed by atoms with Crippen LogP contribution in [-0.4, -0.2) is 36.7 Å². The molecule has 0 atom stereocenters. The van der Waals surface area contributed by atoms with Gasteiger partial charge in [0.15, 0.2) is 0 Å². The molecule has 7 heteroatoms. The fourth-order valence-electron chi connectivity index (χ4n) is 3.69. The third kappa shape index (κ3) is 3.92. The molecule has 150 valence electrons. The zero-order chi connectivity index (χ0) is 20.3. The quantitative estimate of drug-likeness (QED) is 0.613. The summed E-state index contributed by atoms with van der Waals surface area (Å²) in [6.07, 6.45) is 4.67. The first-order valence-electron chi connectivity index (χ1n) is 9.58. The van der Waals surface area contributed by atoms with Gasteiger partial charge in [0, 0.05) is 41.7 Å². The normalized spacial score (nSPS) is 15.8. The molecule has 2 heterocycles. The van der Waals surface area contributed by atoms with Crippen molar-refractivity contribution in [2.75, 3.05) is 30.8 Å². The van der Waals surface area contributed by atoms with Crippen LogP contribution in [0, 0.1) is 5.82 Å². The molecule has 0 bridgehead atoms. The first-order valence-corrected chi connectivity index (χ1v) is 9.58. The molecular weight excluding hydrogens is 371 g/mol. The van der Waals surface area contributed by atoms with E-state index in [0.29, 0.717) is 18.5 Å². The smallest absolute Gasteiger partial charge is 0.256 e. The number of benzene rings is 2. The molecular formula is C22H23FN4O2. The lowest BCUT2D eigenvalue weighted by atomic mass is 9.91. The third-order valence-corrected chi connectivity index (χ3v) is 5.41. The molecule has 3 N–H and O–H groups in total. The largest absolute Gasteiger partial charge is 0.368 e. The van der Waals surface area contributed by atoms with Gasteiger partial charge in [-0.3, -0.25) is 9.78 Å². The van der Waals surface area contributed by atoms with Crippen molar-refractivity contribution in [3.63, 3.8) is 0 Å². The predicted molar refractivity (Wildman–Crippen MR) is 112 cm³/mol. The van der Waals surface area contributed by atoms with E-state index in [1.165, 1.54) is 12.1 Å². The van der Waals surface area contributed by atoms with Gasteiger partial charge in [-0.2, -0.15) is 0 Å². The lowest BCUT2D eigenvalue weighted by Gasteiger charge is -2.34. The maximum Gasteiger partial charge on any atom is 0.256 e. The summed E-state index contributed by atoms with van der Waals surface area (Å²) < 4.78 is 18.8. The molecule has 1 amide bonds. The van der Waals surface area contributed by atoms with Crippen LogP contribution in [-0.2, 0) is 9.53 Å². The van der Waals surface area contributed by atoms with Crippen LogP contribution in [0.15, 0.2) is 54.9 Å². The summed E-state index contributed by atoms with van der Waals surface area (Å²) in [5.74, 6) is -0.432. The van der Waals surface area contributed by atoms with Crippen molar-refractivity contribution in [3.05, 3.63) is 60.7 Å². The standard InChI is InChI=1S/C22H23FN4O2/c1-29-22(9-12-24-13-10-22)21(28)27-20-7-6-19(17-8-11-25-14-18(17)20)26-16-4-2-15(23)3-5-16/h2-8,11,14,24,26H,9-10,12-13H2,1H3,(H,27,28).